The maximum atomic E-state index is 12.1. The zero-order chi connectivity index (χ0) is 18.1. The smallest absolute Gasteiger partial charge is 0.226 e. The lowest BCUT2D eigenvalue weighted by Crippen LogP contribution is -2.35. The van der Waals surface area contributed by atoms with Gasteiger partial charge in [0.2, 0.25) is 5.91 Å². The number of benzene rings is 1. The molecular formula is C19H17ClN2O2S2. The predicted octanol–water partition coefficient (Wildman–Crippen LogP) is 4.50. The lowest BCUT2D eigenvalue weighted by molar-refractivity contribution is -0.120. The monoisotopic (exact) mass is 404 g/mol. The Morgan fingerprint density at radius 3 is 3.00 bits per heavy atom. The summed E-state index contributed by atoms with van der Waals surface area (Å²) in [4.78, 5) is 16.4. The average Bonchev–Trinajstić information content (AvgIpc) is 3.33. The molecular weight excluding hydrogens is 388 g/mol. The van der Waals surface area contributed by atoms with Crippen molar-refractivity contribution >= 4 is 40.2 Å². The van der Waals surface area contributed by atoms with Crippen molar-refractivity contribution in [3.05, 3.63) is 55.6 Å². The van der Waals surface area contributed by atoms with E-state index in [0.717, 1.165) is 39.6 Å². The van der Waals surface area contributed by atoms with Crippen molar-refractivity contribution in [1.82, 2.24) is 10.3 Å². The number of rotatable bonds is 5. The third kappa shape index (κ3) is 3.77. The van der Waals surface area contributed by atoms with Crippen LogP contribution in [0.3, 0.4) is 0 Å². The van der Waals surface area contributed by atoms with Gasteiger partial charge in [0.05, 0.1) is 28.7 Å². The molecule has 0 bridgehead atoms. The first-order chi connectivity index (χ1) is 12.6. The van der Waals surface area contributed by atoms with Crippen molar-refractivity contribution in [2.45, 2.75) is 25.9 Å². The minimum Gasteiger partial charge on any atom is -0.486 e. The van der Waals surface area contributed by atoms with E-state index in [-0.39, 0.29) is 12.0 Å². The Kier molecular flexibility index (Phi) is 4.98. The van der Waals surface area contributed by atoms with Gasteiger partial charge in [-0.15, -0.1) is 11.3 Å². The fraction of sp³-hybridized carbons (Fsp3) is 0.263. The zero-order valence-corrected chi connectivity index (χ0v) is 16.5. The fourth-order valence-corrected chi connectivity index (χ4v) is 4.60. The van der Waals surface area contributed by atoms with Gasteiger partial charge in [-0.3, -0.25) is 4.79 Å². The highest BCUT2D eigenvalue weighted by atomic mass is 35.5. The fourth-order valence-electron chi connectivity index (χ4n) is 3.04. The first-order valence-corrected chi connectivity index (χ1v) is 10.5. The lowest BCUT2D eigenvalue weighted by atomic mass is 10.0. The second-order valence-corrected chi connectivity index (χ2v) is 8.49. The molecule has 0 fully saturated rings. The first-order valence-electron chi connectivity index (χ1n) is 8.28. The summed E-state index contributed by atoms with van der Waals surface area (Å²) in [6.07, 6.45) is 0.942. The van der Waals surface area contributed by atoms with E-state index >= 15 is 0 Å². The van der Waals surface area contributed by atoms with Gasteiger partial charge in [-0.1, -0.05) is 11.6 Å². The van der Waals surface area contributed by atoms with E-state index in [1.54, 1.807) is 22.7 Å². The van der Waals surface area contributed by atoms with Crippen LogP contribution < -0.4 is 10.1 Å². The van der Waals surface area contributed by atoms with Gasteiger partial charge in [0.1, 0.15) is 11.9 Å². The number of aromatic nitrogens is 1. The van der Waals surface area contributed by atoms with Gasteiger partial charge < -0.3 is 10.1 Å². The number of carbonyl (C=O) groups is 1. The van der Waals surface area contributed by atoms with Crippen molar-refractivity contribution in [1.29, 1.82) is 0 Å². The summed E-state index contributed by atoms with van der Waals surface area (Å²) < 4.78 is 5.96. The normalized spacial score (nSPS) is 15.5. The van der Waals surface area contributed by atoms with Crippen molar-refractivity contribution in [3.63, 3.8) is 0 Å². The molecule has 2 aromatic heterocycles. The van der Waals surface area contributed by atoms with Crippen LogP contribution in [0.25, 0.3) is 11.1 Å². The van der Waals surface area contributed by atoms with Gasteiger partial charge in [0, 0.05) is 17.4 Å². The van der Waals surface area contributed by atoms with Crippen LogP contribution in [0.15, 0.2) is 34.3 Å². The molecule has 0 unspecified atom stereocenters. The molecule has 3 heterocycles. The Bertz CT molecular complexity index is 937. The molecule has 0 saturated carbocycles. The van der Waals surface area contributed by atoms with Crippen LogP contribution >= 0.6 is 34.3 Å². The van der Waals surface area contributed by atoms with Crippen LogP contribution in [0.4, 0.5) is 0 Å². The Morgan fingerprint density at radius 1 is 1.38 bits per heavy atom. The Morgan fingerprint density at radius 2 is 2.27 bits per heavy atom. The second kappa shape index (κ2) is 7.39. The molecule has 1 aromatic carbocycles. The molecule has 1 aliphatic rings. The third-order valence-electron chi connectivity index (χ3n) is 4.24. The highest BCUT2D eigenvalue weighted by Gasteiger charge is 2.26. The molecule has 0 spiro atoms. The number of halogens is 1. The summed E-state index contributed by atoms with van der Waals surface area (Å²) in [5.41, 5.74) is 4.16. The Hall–Kier alpha value is -1.89. The molecule has 1 amide bonds. The number of carbonyl (C=O) groups excluding carboxylic acids is 1. The molecule has 4 nitrogen and oxygen atoms in total. The Balaban J connectivity index is 1.38. The number of hydrogen-bond donors (Lipinski definition) is 1. The largest absolute Gasteiger partial charge is 0.486 e. The van der Waals surface area contributed by atoms with Gasteiger partial charge in [-0.05, 0) is 47.0 Å². The summed E-state index contributed by atoms with van der Waals surface area (Å²) in [7, 11) is 0. The van der Waals surface area contributed by atoms with Crippen molar-refractivity contribution in [2.75, 3.05) is 6.54 Å². The standard InChI is InChI=1S/C19H17ClN2O2S2/c1-11-22-15(10-26-11)7-18(23)21-8-16-5-14-4-13(12-2-3-25-9-12)6-17(20)19(14)24-16/h2-4,6,9-10,16H,5,7-8H2,1H3,(H,21,23)/t16-/m1/s1. The van der Waals surface area contributed by atoms with E-state index in [4.69, 9.17) is 16.3 Å². The molecule has 26 heavy (non-hydrogen) atoms. The van der Waals surface area contributed by atoms with E-state index in [1.807, 2.05) is 18.4 Å². The minimum atomic E-state index is -0.0960. The third-order valence-corrected chi connectivity index (χ3v) is 6.03. The van der Waals surface area contributed by atoms with E-state index in [0.29, 0.717) is 18.0 Å². The second-order valence-electron chi connectivity index (χ2n) is 6.24. The van der Waals surface area contributed by atoms with Crippen LogP contribution in [0.2, 0.25) is 5.02 Å². The quantitative estimate of drug-likeness (QED) is 0.681. The molecule has 3 aromatic rings. The number of fused-ring (bicyclic) bond motifs is 1. The highest BCUT2D eigenvalue weighted by Crippen LogP contribution is 2.39. The SMILES string of the molecule is Cc1nc(CC(=O)NC[C@H]2Cc3cc(-c4ccsc4)cc(Cl)c3O2)cs1. The van der Waals surface area contributed by atoms with Crippen molar-refractivity contribution in [2.24, 2.45) is 0 Å². The van der Waals surface area contributed by atoms with Gasteiger partial charge >= 0.3 is 0 Å². The van der Waals surface area contributed by atoms with Crippen LogP contribution in [-0.4, -0.2) is 23.5 Å². The van der Waals surface area contributed by atoms with E-state index < -0.39 is 0 Å². The van der Waals surface area contributed by atoms with E-state index in [2.05, 4.69) is 33.2 Å². The molecule has 0 radical (unpaired) electrons. The molecule has 0 saturated heterocycles. The van der Waals surface area contributed by atoms with E-state index in [1.165, 1.54) is 0 Å². The van der Waals surface area contributed by atoms with Gasteiger partial charge in [0.25, 0.3) is 0 Å². The summed E-state index contributed by atoms with van der Waals surface area (Å²) in [6, 6.07) is 6.15. The average molecular weight is 405 g/mol. The maximum absolute atomic E-state index is 12.1. The molecule has 0 aliphatic carbocycles. The number of ether oxygens (including phenoxy) is 1. The number of thiophene rings is 1. The van der Waals surface area contributed by atoms with E-state index in [9.17, 15) is 4.79 Å². The summed E-state index contributed by atoms with van der Waals surface area (Å²) in [5, 5.41) is 10.6. The zero-order valence-electron chi connectivity index (χ0n) is 14.1. The van der Waals surface area contributed by atoms with Crippen molar-refractivity contribution < 1.29 is 9.53 Å². The first kappa shape index (κ1) is 17.5. The lowest BCUT2D eigenvalue weighted by Gasteiger charge is -2.12. The number of aryl methyl sites for hydroxylation is 1. The van der Waals surface area contributed by atoms with Crippen LogP contribution in [0.1, 0.15) is 16.3 Å². The highest BCUT2D eigenvalue weighted by molar-refractivity contribution is 7.09. The molecule has 1 N–H and O–H groups in total. The number of hydrogen-bond acceptors (Lipinski definition) is 5. The molecule has 1 aliphatic heterocycles. The maximum Gasteiger partial charge on any atom is 0.226 e. The number of nitrogens with zero attached hydrogens (tertiary/aromatic N) is 1. The van der Waals surface area contributed by atoms with Crippen LogP contribution in [0.5, 0.6) is 5.75 Å². The summed E-state index contributed by atoms with van der Waals surface area (Å²) in [5.74, 6) is 0.694. The molecule has 4 rings (SSSR count). The van der Waals surface area contributed by atoms with Crippen molar-refractivity contribution in [3.8, 4) is 16.9 Å². The van der Waals surface area contributed by atoms with Crippen LogP contribution in [-0.2, 0) is 17.6 Å². The number of amides is 1. The summed E-state index contributed by atoms with van der Waals surface area (Å²) in [6.45, 7) is 2.39. The van der Waals surface area contributed by atoms with Gasteiger partial charge in [-0.2, -0.15) is 11.3 Å². The Labute approximate surface area is 164 Å². The minimum absolute atomic E-state index is 0.0417. The topological polar surface area (TPSA) is 51.2 Å². The molecule has 1 atom stereocenters. The summed E-state index contributed by atoms with van der Waals surface area (Å²) >= 11 is 9.63. The predicted molar refractivity (Wildman–Crippen MR) is 106 cm³/mol. The molecule has 7 heteroatoms. The number of thiazole rings is 1. The molecule has 134 valence electrons. The van der Waals surface area contributed by atoms with Crippen LogP contribution in [0, 0.1) is 6.92 Å². The number of nitrogens with one attached hydrogen (secondary N) is 1. The van der Waals surface area contributed by atoms with Gasteiger partial charge in [-0.25, -0.2) is 4.98 Å². The van der Waals surface area contributed by atoms with Gasteiger partial charge in [0.15, 0.2) is 0 Å².